The van der Waals surface area contributed by atoms with Crippen LogP contribution in [-0.2, 0) is 0 Å². The third-order valence-corrected chi connectivity index (χ3v) is 3.22. The number of piperazine rings is 1. The number of hydrogen-bond donors (Lipinski definition) is 0. The molecule has 1 fully saturated rings. The molecule has 0 atom stereocenters. The van der Waals surface area contributed by atoms with E-state index < -0.39 is 0 Å². The van der Waals surface area contributed by atoms with Gasteiger partial charge in [-0.15, -0.1) is 11.6 Å². The lowest BCUT2D eigenvalue weighted by molar-refractivity contribution is 0.191. The minimum atomic E-state index is 0.727. The fourth-order valence-electron chi connectivity index (χ4n) is 2.00. The summed E-state index contributed by atoms with van der Waals surface area (Å²) in [6.07, 6.45) is 6.69. The molecule has 0 aromatic carbocycles. The SMILES string of the molecule is CCC/C=C\C(=NC)N1CCN(CCCl)CC1. The van der Waals surface area contributed by atoms with E-state index in [4.69, 9.17) is 11.6 Å². The van der Waals surface area contributed by atoms with E-state index >= 15 is 0 Å². The number of aliphatic imine (C=N–C) groups is 1. The smallest absolute Gasteiger partial charge is 0.122 e. The van der Waals surface area contributed by atoms with Crippen LogP contribution in [0.5, 0.6) is 0 Å². The minimum Gasteiger partial charge on any atom is -0.354 e. The molecule has 0 aromatic rings. The van der Waals surface area contributed by atoms with E-state index in [0.717, 1.165) is 50.9 Å². The highest BCUT2D eigenvalue weighted by molar-refractivity contribution is 6.18. The number of rotatable bonds is 5. The van der Waals surface area contributed by atoms with Crippen molar-refractivity contribution in [1.82, 2.24) is 9.80 Å². The van der Waals surface area contributed by atoms with E-state index in [1.165, 1.54) is 6.42 Å². The second kappa shape index (κ2) is 8.54. The maximum Gasteiger partial charge on any atom is 0.122 e. The van der Waals surface area contributed by atoms with Gasteiger partial charge in [0.1, 0.15) is 5.84 Å². The maximum absolute atomic E-state index is 5.76. The fourth-order valence-corrected chi connectivity index (χ4v) is 2.24. The molecule has 1 aliphatic heterocycles. The summed E-state index contributed by atoms with van der Waals surface area (Å²) in [5.41, 5.74) is 0. The monoisotopic (exact) mass is 257 g/mol. The largest absolute Gasteiger partial charge is 0.354 e. The predicted molar refractivity (Wildman–Crippen MR) is 76.1 cm³/mol. The van der Waals surface area contributed by atoms with Crippen LogP contribution in [0.3, 0.4) is 0 Å². The molecule has 4 heteroatoms. The van der Waals surface area contributed by atoms with Crippen molar-refractivity contribution in [2.75, 3.05) is 45.7 Å². The Labute approximate surface area is 110 Å². The Bertz CT molecular complexity index is 255. The summed E-state index contributed by atoms with van der Waals surface area (Å²) in [6.45, 7) is 7.48. The second-order valence-electron chi connectivity index (χ2n) is 4.29. The molecule has 0 aromatic heterocycles. The first-order valence-corrected chi connectivity index (χ1v) is 7.01. The highest BCUT2D eigenvalue weighted by atomic mass is 35.5. The number of nitrogens with zero attached hydrogens (tertiary/aromatic N) is 3. The summed E-state index contributed by atoms with van der Waals surface area (Å²) in [5, 5.41) is 0. The van der Waals surface area contributed by atoms with E-state index in [-0.39, 0.29) is 0 Å². The standard InChI is InChI=1S/C13H24ClN3/c1-3-4-5-6-13(15-2)17-11-9-16(8-7-14)10-12-17/h5-6H,3-4,7-12H2,1-2H3/b6-5-,15-13?. The van der Waals surface area contributed by atoms with Crippen LogP contribution < -0.4 is 0 Å². The van der Waals surface area contributed by atoms with Gasteiger partial charge in [0.05, 0.1) is 0 Å². The van der Waals surface area contributed by atoms with E-state index in [2.05, 4.69) is 33.9 Å². The molecule has 0 N–H and O–H groups in total. The lowest BCUT2D eigenvalue weighted by Crippen LogP contribution is -2.48. The number of amidine groups is 1. The van der Waals surface area contributed by atoms with Gasteiger partial charge in [0, 0.05) is 45.7 Å². The van der Waals surface area contributed by atoms with Crippen LogP contribution in [0.2, 0.25) is 0 Å². The lowest BCUT2D eigenvalue weighted by atomic mass is 10.2. The molecule has 0 spiro atoms. The van der Waals surface area contributed by atoms with Crippen molar-refractivity contribution in [1.29, 1.82) is 0 Å². The Morgan fingerprint density at radius 1 is 1.29 bits per heavy atom. The van der Waals surface area contributed by atoms with Gasteiger partial charge in [0.2, 0.25) is 0 Å². The van der Waals surface area contributed by atoms with Crippen molar-refractivity contribution in [3.63, 3.8) is 0 Å². The van der Waals surface area contributed by atoms with E-state index in [1.807, 2.05) is 7.05 Å². The van der Waals surface area contributed by atoms with Crippen molar-refractivity contribution in [3.05, 3.63) is 12.2 Å². The number of halogens is 1. The third kappa shape index (κ3) is 5.09. The number of hydrogen-bond acceptors (Lipinski definition) is 2. The first kappa shape index (κ1) is 14.5. The Morgan fingerprint density at radius 2 is 2.00 bits per heavy atom. The Balaban J connectivity index is 2.40. The number of allylic oxidation sites excluding steroid dienone is 1. The van der Waals surface area contributed by atoms with Crippen LogP contribution in [0, 0.1) is 0 Å². The molecule has 98 valence electrons. The molecule has 1 aliphatic rings. The van der Waals surface area contributed by atoms with E-state index in [1.54, 1.807) is 0 Å². The first-order chi connectivity index (χ1) is 8.31. The van der Waals surface area contributed by atoms with Crippen LogP contribution in [-0.4, -0.2) is 61.3 Å². The van der Waals surface area contributed by atoms with Gasteiger partial charge in [-0.3, -0.25) is 9.89 Å². The molecular weight excluding hydrogens is 234 g/mol. The molecule has 0 saturated carbocycles. The fraction of sp³-hybridized carbons (Fsp3) is 0.769. The van der Waals surface area contributed by atoms with Crippen molar-refractivity contribution >= 4 is 17.4 Å². The zero-order valence-electron chi connectivity index (χ0n) is 11.0. The minimum absolute atomic E-state index is 0.727. The van der Waals surface area contributed by atoms with Crippen LogP contribution >= 0.6 is 11.6 Å². The summed E-state index contributed by atoms with van der Waals surface area (Å²) in [4.78, 5) is 9.13. The zero-order chi connectivity index (χ0) is 12.5. The number of unbranched alkanes of at least 4 members (excludes halogenated alkanes) is 1. The Hall–Kier alpha value is -0.540. The molecule has 0 radical (unpaired) electrons. The van der Waals surface area contributed by atoms with Crippen LogP contribution in [0.25, 0.3) is 0 Å². The summed E-state index contributed by atoms with van der Waals surface area (Å²) < 4.78 is 0. The molecule has 1 rings (SSSR count). The maximum atomic E-state index is 5.76. The highest BCUT2D eigenvalue weighted by Crippen LogP contribution is 2.04. The van der Waals surface area contributed by atoms with Crippen molar-refractivity contribution in [2.24, 2.45) is 4.99 Å². The van der Waals surface area contributed by atoms with Crippen LogP contribution in [0.1, 0.15) is 19.8 Å². The molecule has 0 bridgehead atoms. The van der Waals surface area contributed by atoms with Gasteiger partial charge < -0.3 is 4.90 Å². The van der Waals surface area contributed by atoms with Gasteiger partial charge in [-0.1, -0.05) is 19.4 Å². The van der Waals surface area contributed by atoms with Gasteiger partial charge in [-0.2, -0.15) is 0 Å². The molecule has 0 unspecified atom stereocenters. The average molecular weight is 258 g/mol. The van der Waals surface area contributed by atoms with Crippen molar-refractivity contribution < 1.29 is 0 Å². The van der Waals surface area contributed by atoms with Crippen LogP contribution in [0.4, 0.5) is 0 Å². The third-order valence-electron chi connectivity index (χ3n) is 3.05. The van der Waals surface area contributed by atoms with E-state index in [9.17, 15) is 0 Å². The highest BCUT2D eigenvalue weighted by Gasteiger charge is 2.17. The van der Waals surface area contributed by atoms with Gasteiger partial charge in [-0.25, -0.2) is 0 Å². The van der Waals surface area contributed by atoms with Gasteiger partial charge in [0.15, 0.2) is 0 Å². The normalized spacial score (nSPS) is 19.2. The first-order valence-electron chi connectivity index (χ1n) is 6.48. The average Bonchev–Trinajstić information content (AvgIpc) is 2.36. The molecule has 0 aliphatic carbocycles. The van der Waals surface area contributed by atoms with Crippen molar-refractivity contribution in [3.8, 4) is 0 Å². The molecule has 17 heavy (non-hydrogen) atoms. The van der Waals surface area contributed by atoms with Crippen molar-refractivity contribution in [2.45, 2.75) is 19.8 Å². The quantitative estimate of drug-likeness (QED) is 0.427. The molecule has 1 heterocycles. The Morgan fingerprint density at radius 3 is 2.53 bits per heavy atom. The summed E-state index contributed by atoms with van der Waals surface area (Å²) in [5.74, 6) is 1.84. The predicted octanol–water partition coefficient (Wildman–Crippen LogP) is 2.23. The molecule has 1 saturated heterocycles. The molecule has 3 nitrogen and oxygen atoms in total. The summed E-state index contributed by atoms with van der Waals surface area (Å²) in [7, 11) is 1.87. The number of alkyl halides is 1. The molecule has 0 amide bonds. The second-order valence-corrected chi connectivity index (χ2v) is 4.67. The Kier molecular flexibility index (Phi) is 7.29. The molecular formula is C13H24ClN3. The van der Waals surface area contributed by atoms with Crippen LogP contribution in [0.15, 0.2) is 17.1 Å². The van der Waals surface area contributed by atoms with Gasteiger partial charge >= 0.3 is 0 Å². The van der Waals surface area contributed by atoms with Gasteiger partial charge in [0.25, 0.3) is 0 Å². The zero-order valence-corrected chi connectivity index (χ0v) is 11.8. The summed E-state index contributed by atoms with van der Waals surface area (Å²) in [6, 6.07) is 0. The van der Waals surface area contributed by atoms with E-state index in [0.29, 0.717) is 0 Å². The summed E-state index contributed by atoms with van der Waals surface area (Å²) >= 11 is 5.76. The van der Waals surface area contributed by atoms with Gasteiger partial charge in [-0.05, 0) is 12.5 Å². The lowest BCUT2D eigenvalue weighted by Gasteiger charge is -2.35. The topological polar surface area (TPSA) is 18.8 Å².